The molecule has 0 heterocycles. The number of hydrogen-bond donors (Lipinski definition) is 2. The van der Waals surface area contributed by atoms with Crippen molar-refractivity contribution in [3.05, 3.63) is 35.4 Å². The highest BCUT2D eigenvalue weighted by molar-refractivity contribution is 5.82. The van der Waals surface area contributed by atoms with Crippen molar-refractivity contribution in [2.45, 2.75) is 40.2 Å². The van der Waals surface area contributed by atoms with Gasteiger partial charge in [0, 0.05) is 19.0 Å². The highest BCUT2D eigenvalue weighted by atomic mass is 16.4. The molecule has 4 nitrogen and oxygen atoms in total. The van der Waals surface area contributed by atoms with Gasteiger partial charge >= 0.3 is 0 Å². The van der Waals surface area contributed by atoms with Gasteiger partial charge in [0.05, 0.1) is 0 Å². The van der Waals surface area contributed by atoms with E-state index in [1.165, 1.54) is 11.1 Å². The van der Waals surface area contributed by atoms with Crippen LogP contribution in [0.2, 0.25) is 0 Å². The van der Waals surface area contributed by atoms with Crippen LogP contribution < -0.4 is 5.73 Å². The number of amidine groups is 1. The van der Waals surface area contributed by atoms with E-state index in [2.05, 4.69) is 55.1 Å². The largest absolute Gasteiger partial charge is 0.409 e. The molecule has 0 aliphatic rings. The van der Waals surface area contributed by atoms with E-state index < -0.39 is 0 Å². The van der Waals surface area contributed by atoms with Gasteiger partial charge in [-0.15, -0.1) is 0 Å². The minimum atomic E-state index is 0.0508. The summed E-state index contributed by atoms with van der Waals surface area (Å²) in [6.45, 7) is 11.1. The van der Waals surface area contributed by atoms with Crippen LogP contribution in [0.4, 0.5) is 0 Å². The lowest BCUT2D eigenvalue weighted by atomic mass is 10.0. The van der Waals surface area contributed by atoms with Crippen molar-refractivity contribution in [2.75, 3.05) is 13.1 Å². The van der Waals surface area contributed by atoms with E-state index in [4.69, 9.17) is 10.9 Å². The van der Waals surface area contributed by atoms with E-state index in [0.717, 1.165) is 19.6 Å². The zero-order valence-electron chi connectivity index (χ0n) is 13.0. The maximum absolute atomic E-state index is 8.71. The summed E-state index contributed by atoms with van der Waals surface area (Å²) in [5.74, 6) is 0.903. The van der Waals surface area contributed by atoms with Crippen molar-refractivity contribution in [2.24, 2.45) is 16.8 Å². The Morgan fingerprint density at radius 1 is 1.25 bits per heavy atom. The molecule has 0 aliphatic carbocycles. The van der Waals surface area contributed by atoms with E-state index in [-0.39, 0.29) is 5.92 Å². The fraction of sp³-hybridized carbons (Fsp3) is 0.562. The second-order valence-corrected chi connectivity index (χ2v) is 5.65. The molecule has 0 bridgehead atoms. The summed E-state index contributed by atoms with van der Waals surface area (Å²) < 4.78 is 0. The van der Waals surface area contributed by atoms with Gasteiger partial charge in [-0.2, -0.15) is 0 Å². The van der Waals surface area contributed by atoms with Crippen LogP contribution in [0.1, 0.15) is 44.7 Å². The Balaban J connectivity index is 2.64. The van der Waals surface area contributed by atoms with Gasteiger partial charge in [0.1, 0.15) is 5.84 Å². The zero-order chi connectivity index (χ0) is 15.1. The minimum absolute atomic E-state index is 0.0508. The van der Waals surface area contributed by atoms with Crippen LogP contribution in [-0.4, -0.2) is 29.0 Å². The normalized spacial score (nSPS) is 14.0. The van der Waals surface area contributed by atoms with Crippen LogP contribution >= 0.6 is 0 Å². The molecular formula is C16H27N3O. The summed E-state index contributed by atoms with van der Waals surface area (Å²) >= 11 is 0. The Kier molecular flexibility index (Phi) is 6.52. The van der Waals surface area contributed by atoms with Gasteiger partial charge in [0.2, 0.25) is 0 Å². The first kappa shape index (κ1) is 16.5. The summed E-state index contributed by atoms with van der Waals surface area (Å²) in [7, 11) is 0. The maximum atomic E-state index is 8.71. The van der Waals surface area contributed by atoms with Gasteiger partial charge in [-0.3, -0.25) is 4.90 Å². The topological polar surface area (TPSA) is 61.8 Å². The molecule has 0 aromatic heterocycles. The van der Waals surface area contributed by atoms with Crippen LogP contribution in [-0.2, 0) is 6.54 Å². The summed E-state index contributed by atoms with van der Waals surface area (Å²) in [6.07, 6.45) is 0. The number of benzene rings is 1. The molecule has 1 unspecified atom stereocenters. The first-order valence-corrected chi connectivity index (χ1v) is 7.26. The average Bonchev–Trinajstić information content (AvgIpc) is 2.45. The average molecular weight is 277 g/mol. The highest BCUT2D eigenvalue weighted by Crippen LogP contribution is 2.16. The van der Waals surface area contributed by atoms with Crippen LogP contribution in [0.5, 0.6) is 0 Å². The lowest BCUT2D eigenvalue weighted by Crippen LogP contribution is -2.34. The van der Waals surface area contributed by atoms with Crippen LogP contribution in [0, 0.1) is 5.92 Å². The maximum Gasteiger partial charge on any atom is 0.143 e. The molecule has 3 N–H and O–H groups in total. The molecule has 0 spiro atoms. The first-order valence-electron chi connectivity index (χ1n) is 7.26. The molecule has 0 fully saturated rings. The zero-order valence-corrected chi connectivity index (χ0v) is 13.0. The van der Waals surface area contributed by atoms with Gasteiger partial charge in [0.15, 0.2) is 0 Å². The first-order chi connectivity index (χ1) is 9.47. The quantitative estimate of drug-likeness (QED) is 0.348. The standard InChI is InChI=1S/C16H27N3O/c1-5-19(10-13(4)16(17)18-20)11-14-6-8-15(9-7-14)12(2)3/h6-9,12-13,20H,5,10-11H2,1-4H3,(H2,17,18). The molecule has 0 radical (unpaired) electrons. The second-order valence-electron chi connectivity index (χ2n) is 5.65. The lowest BCUT2D eigenvalue weighted by Gasteiger charge is -2.24. The third-order valence-electron chi connectivity index (χ3n) is 3.65. The molecule has 0 aliphatic heterocycles. The number of rotatable bonds is 7. The van der Waals surface area contributed by atoms with Crippen molar-refractivity contribution in [1.82, 2.24) is 4.90 Å². The third-order valence-corrected chi connectivity index (χ3v) is 3.65. The molecule has 0 saturated carbocycles. The summed E-state index contributed by atoms with van der Waals surface area (Å²) in [4.78, 5) is 2.30. The van der Waals surface area contributed by atoms with Gasteiger partial charge < -0.3 is 10.9 Å². The van der Waals surface area contributed by atoms with Gasteiger partial charge in [0.25, 0.3) is 0 Å². The fourth-order valence-corrected chi connectivity index (χ4v) is 2.15. The molecule has 112 valence electrons. The van der Waals surface area contributed by atoms with Gasteiger partial charge in [-0.1, -0.05) is 57.1 Å². The van der Waals surface area contributed by atoms with Gasteiger partial charge in [-0.05, 0) is 23.6 Å². The Labute approximate surface area is 122 Å². The van der Waals surface area contributed by atoms with Crippen LogP contribution in [0.25, 0.3) is 0 Å². The van der Waals surface area contributed by atoms with E-state index in [1.54, 1.807) is 0 Å². The molecule has 0 amide bonds. The fourth-order valence-electron chi connectivity index (χ4n) is 2.15. The van der Waals surface area contributed by atoms with Crippen molar-refractivity contribution < 1.29 is 5.21 Å². The molecule has 4 heteroatoms. The van der Waals surface area contributed by atoms with Crippen LogP contribution in [0.3, 0.4) is 0 Å². The van der Waals surface area contributed by atoms with Crippen LogP contribution in [0.15, 0.2) is 29.4 Å². The monoisotopic (exact) mass is 277 g/mol. The predicted molar refractivity (Wildman–Crippen MR) is 84.1 cm³/mol. The van der Waals surface area contributed by atoms with E-state index in [1.807, 2.05) is 6.92 Å². The summed E-state index contributed by atoms with van der Waals surface area (Å²) in [6, 6.07) is 8.76. The molecule has 1 aromatic carbocycles. The third kappa shape index (κ3) is 4.85. The van der Waals surface area contributed by atoms with Crippen molar-refractivity contribution in [3.8, 4) is 0 Å². The Hall–Kier alpha value is -1.55. The second kappa shape index (κ2) is 7.90. The van der Waals surface area contributed by atoms with Crippen molar-refractivity contribution >= 4 is 5.84 Å². The van der Waals surface area contributed by atoms with E-state index in [0.29, 0.717) is 11.8 Å². The minimum Gasteiger partial charge on any atom is -0.409 e. The number of hydrogen-bond acceptors (Lipinski definition) is 3. The number of oxime groups is 1. The van der Waals surface area contributed by atoms with E-state index >= 15 is 0 Å². The van der Waals surface area contributed by atoms with Gasteiger partial charge in [-0.25, -0.2) is 0 Å². The molecule has 20 heavy (non-hydrogen) atoms. The Morgan fingerprint density at radius 2 is 1.85 bits per heavy atom. The smallest absolute Gasteiger partial charge is 0.143 e. The molecule has 1 atom stereocenters. The Morgan fingerprint density at radius 3 is 2.30 bits per heavy atom. The number of nitrogens with two attached hydrogens (primary N) is 1. The lowest BCUT2D eigenvalue weighted by molar-refractivity contribution is 0.257. The molecule has 0 saturated heterocycles. The Bertz CT molecular complexity index is 426. The summed E-state index contributed by atoms with van der Waals surface area (Å²) in [5, 5.41) is 11.8. The summed E-state index contributed by atoms with van der Waals surface area (Å²) in [5.41, 5.74) is 8.30. The highest BCUT2D eigenvalue weighted by Gasteiger charge is 2.13. The van der Waals surface area contributed by atoms with E-state index in [9.17, 15) is 0 Å². The molecule has 1 aromatic rings. The molecule has 1 rings (SSSR count). The SMILES string of the molecule is CCN(Cc1ccc(C(C)C)cc1)CC(C)C(N)=NO. The predicted octanol–water partition coefficient (Wildman–Crippen LogP) is 3.01. The van der Waals surface area contributed by atoms with Crippen molar-refractivity contribution in [1.29, 1.82) is 0 Å². The van der Waals surface area contributed by atoms with Crippen molar-refractivity contribution in [3.63, 3.8) is 0 Å². The molecular weight excluding hydrogens is 250 g/mol. The number of nitrogens with zero attached hydrogens (tertiary/aromatic N) is 2.